The van der Waals surface area contributed by atoms with Gasteiger partial charge < -0.3 is 14.7 Å². The van der Waals surface area contributed by atoms with Crippen LogP contribution in [0.5, 0.6) is 0 Å². The maximum Gasteiger partial charge on any atom is 0.156 e. The van der Waals surface area contributed by atoms with Crippen LogP contribution in [0.1, 0.15) is 47.0 Å². The van der Waals surface area contributed by atoms with E-state index in [0.29, 0.717) is 12.5 Å². The molecule has 1 aliphatic heterocycles. The summed E-state index contributed by atoms with van der Waals surface area (Å²) in [4.78, 5) is 2.29. The number of allylic oxidation sites excluding steroid dienone is 1. The summed E-state index contributed by atoms with van der Waals surface area (Å²) in [6.45, 7) is 8.97. The molecular formula is C15H29N3O2. The molecule has 1 rings (SSSR count). The lowest BCUT2D eigenvalue weighted by atomic mass is 10.0. The van der Waals surface area contributed by atoms with E-state index in [1.54, 1.807) is 0 Å². The summed E-state index contributed by atoms with van der Waals surface area (Å²) in [5.74, 6) is 0. The predicted molar refractivity (Wildman–Crippen MR) is 80.6 cm³/mol. The van der Waals surface area contributed by atoms with Gasteiger partial charge in [-0.2, -0.15) is 10.2 Å². The van der Waals surface area contributed by atoms with Crippen LogP contribution < -0.4 is 0 Å². The van der Waals surface area contributed by atoms with E-state index >= 15 is 0 Å². The molecular weight excluding hydrogens is 254 g/mol. The van der Waals surface area contributed by atoms with E-state index < -0.39 is 6.29 Å². The average Bonchev–Trinajstić information content (AvgIpc) is 2.37. The van der Waals surface area contributed by atoms with Crippen LogP contribution in [0.15, 0.2) is 22.0 Å². The van der Waals surface area contributed by atoms with Gasteiger partial charge >= 0.3 is 0 Å². The molecule has 1 saturated heterocycles. The fourth-order valence-electron chi connectivity index (χ4n) is 2.37. The van der Waals surface area contributed by atoms with Gasteiger partial charge in [-0.1, -0.05) is 6.08 Å². The molecule has 0 aromatic rings. The molecule has 1 N–H and O–H groups in total. The van der Waals surface area contributed by atoms with Gasteiger partial charge in [0.05, 0.1) is 17.8 Å². The number of aliphatic hydroxyl groups excluding tert-OH is 1. The van der Waals surface area contributed by atoms with Gasteiger partial charge in [-0.05, 0) is 41.2 Å². The summed E-state index contributed by atoms with van der Waals surface area (Å²) in [5.41, 5.74) is 1.02. The van der Waals surface area contributed by atoms with Gasteiger partial charge in [0.1, 0.15) is 0 Å². The van der Waals surface area contributed by atoms with Crippen molar-refractivity contribution in [3.05, 3.63) is 11.8 Å². The highest BCUT2D eigenvalue weighted by Crippen LogP contribution is 2.22. The molecule has 1 fully saturated rings. The molecule has 5 nitrogen and oxygen atoms in total. The van der Waals surface area contributed by atoms with Gasteiger partial charge in [0.2, 0.25) is 0 Å². The number of rotatable bonds is 6. The quantitative estimate of drug-likeness (QED) is 0.762. The van der Waals surface area contributed by atoms with E-state index in [4.69, 9.17) is 4.74 Å². The molecule has 0 saturated carbocycles. The van der Waals surface area contributed by atoms with Crippen LogP contribution in [0.25, 0.3) is 0 Å². The van der Waals surface area contributed by atoms with Gasteiger partial charge in [-0.25, -0.2) is 0 Å². The molecule has 1 heterocycles. The molecule has 0 aliphatic carbocycles. The Morgan fingerprint density at radius 3 is 2.70 bits per heavy atom. The number of aliphatic hydroxyl groups is 1. The summed E-state index contributed by atoms with van der Waals surface area (Å²) in [6, 6.07) is 0.600. The van der Waals surface area contributed by atoms with Crippen LogP contribution >= 0.6 is 0 Å². The minimum Gasteiger partial charge on any atom is -0.368 e. The summed E-state index contributed by atoms with van der Waals surface area (Å²) in [7, 11) is 2.10. The van der Waals surface area contributed by atoms with E-state index in [2.05, 4.69) is 22.2 Å². The Balaban J connectivity index is 2.43. The second-order valence-electron chi connectivity index (χ2n) is 5.85. The summed E-state index contributed by atoms with van der Waals surface area (Å²) in [6.07, 6.45) is 4.03. The highest BCUT2D eigenvalue weighted by molar-refractivity contribution is 4.97. The Kier molecular flexibility index (Phi) is 7.34. The van der Waals surface area contributed by atoms with Crippen molar-refractivity contribution in [2.24, 2.45) is 10.2 Å². The molecule has 0 aromatic carbocycles. The minimum atomic E-state index is -0.631. The summed E-state index contributed by atoms with van der Waals surface area (Å²) >= 11 is 0. The van der Waals surface area contributed by atoms with Crippen molar-refractivity contribution >= 4 is 0 Å². The van der Waals surface area contributed by atoms with Gasteiger partial charge in [0.25, 0.3) is 0 Å². The molecule has 0 radical (unpaired) electrons. The smallest absolute Gasteiger partial charge is 0.156 e. The highest BCUT2D eigenvalue weighted by Gasteiger charge is 2.28. The highest BCUT2D eigenvalue weighted by atomic mass is 16.6. The summed E-state index contributed by atoms with van der Waals surface area (Å²) in [5, 5.41) is 18.1. The summed E-state index contributed by atoms with van der Waals surface area (Å²) < 4.78 is 5.36. The Morgan fingerprint density at radius 2 is 2.15 bits per heavy atom. The lowest BCUT2D eigenvalue weighted by Gasteiger charge is -2.36. The predicted octanol–water partition coefficient (Wildman–Crippen LogP) is 2.96. The van der Waals surface area contributed by atoms with Crippen molar-refractivity contribution < 1.29 is 9.84 Å². The minimum absolute atomic E-state index is 0.119. The number of nitrogens with zero attached hydrogens (tertiary/aromatic N) is 3. The monoisotopic (exact) mass is 283 g/mol. The second kappa shape index (κ2) is 8.49. The maximum atomic E-state index is 9.67. The zero-order chi connectivity index (χ0) is 15.1. The zero-order valence-electron chi connectivity index (χ0n) is 13.4. The third-order valence-electron chi connectivity index (χ3n) is 3.56. The molecule has 0 amide bonds. The lowest BCUT2D eigenvalue weighted by molar-refractivity contribution is -0.173. The standard InChI is InChI=1S/C15H29N3O2/c1-6-13(17-16-11(2)3)7-8-18(5)14-9-12(4)20-15(19)10-14/h6,11-12,14-15,19H,7-10H2,1-5H3/b13-6-,17-16-/t12-,14+,15-/m1/s1. The average molecular weight is 283 g/mol. The van der Waals surface area contributed by atoms with Gasteiger partial charge in [0.15, 0.2) is 6.29 Å². The first-order valence-corrected chi connectivity index (χ1v) is 7.52. The molecule has 3 atom stereocenters. The fraction of sp³-hybridized carbons (Fsp3) is 0.867. The third kappa shape index (κ3) is 6.11. The Labute approximate surface area is 122 Å². The van der Waals surface area contributed by atoms with Crippen molar-refractivity contribution in [2.75, 3.05) is 13.6 Å². The fourth-order valence-corrected chi connectivity index (χ4v) is 2.37. The van der Waals surface area contributed by atoms with Crippen molar-refractivity contribution in [1.82, 2.24) is 4.90 Å². The van der Waals surface area contributed by atoms with Crippen molar-refractivity contribution in [2.45, 2.75) is 71.4 Å². The Morgan fingerprint density at radius 1 is 1.45 bits per heavy atom. The van der Waals surface area contributed by atoms with Gasteiger partial charge in [-0.15, -0.1) is 0 Å². The zero-order valence-corrected chi connectivity index (χ0v) is 13.4. The Hall–Kier alpha value is -0.780. The number of hydrogen-bond acceptors (Lipinski definition) is 5. The number of hydrogen-bond donors (Lipinski definition) is 1. The van der Waals surface area contributed by atoms with Crippen LogP contribution in [-0.4, -0.2) is 48.1 Å². The number of azo groups is 1. The third-order valence-corrected chi connectivity index (χ3v) is 3.56. The van der Waals surface area contributed by atoms with Crippen LogP contribution in [-0.2, 0) is 4.74 Å². The molecule has 20 heavy (non-hydrogen) atoms. The first-order valence-electron chi connectivity index (χ1n) is 7.52. The van der Waals surface area contributed by atoms with Crippen LogP contribution in [0.3, 0.4) is 0 Å². The lowest BCUT2D eigenvalue weighted by Crippen LogP contribution is -2.43. The molecule has 1 aliphatic rings. The molecule has 116 valence electrons. The topological polar surface area (TPSA) is 57.4 Å². The molecule has 0 bridgehead atoms. The van der Waals surface area contributed by atoms with E-state index in [0.717, 1.165) is 25.1 Å². The normalized spacial score (nSPS) is 28.8. The van der Waals surface area contributed by atoms with Gasteiger partial charge in [0, 0.05) is 25.4 Å². The van der Waals surface area contributed by atoms with Crippen LogP contribution in [0.2, 0.25) is 0 Å². The first kappa shape index (κ1) is 17.3. The van der Waals surface area contributed by atoms with Crippen molar-refractivity contribution in [3.63, 3.8) is 0 Å². The van der Waals surface area contributed by atoms with Crippen molar-refractivity contribution in [3.8, 4) is 0 Å². The van der Waals surface area contributed by atoms with E-state index in [1.165, 1.54) is 0 Å². The SMILES string of the molecule is C/C=C(CCN(C)[C@H]1C[C@@H](C)O[C@@H](O)C1)\N=N/C(C)C. The van der Waals surface area contributed by atoms with Crippen LogP contribution in [0.4, 0.5) is 0 Å². The van der Waals surface area contributed by atoms with Crippen molar-refractivity contribution in [1.29, 1.82) is 0 Å². The molecule has 0 unspecified atom stereocenters. The largest absolute Gasteiger partial charge is 0.368 e. The Bertz CT molecular complexity index is 332. The second-order valence-corrected chi connectivity index (χ2v) is 5.85. The first-order chi connectivity index (χ1) is 9.42. The van der Waals surface area contributed by atoms with Crippen LogP contribution in [0, 0.1) is 0 Å². The molecule has 0 spiro atoms. The van der Waals surface area contributed by atoms with E-state index in [1.807, 2.05) is 33.8 Å². The van der Waals surface area contributed by atoms with Gasteiger partial charge in [-0.3, -0.25) is 0 Å². The molecule has 0 aromatic heterocycles. The maximum absolute atomic E-state index is 9.67. The molecule has 5 heteroatoms. The van der Waals surface area contributed by atoms with E-state index in [9.17, 15) is 5.11 Å². The number of ether oxygens (including phenoxy) is 1. The van der Waals surface area contributed by atoms with E-state index in [-0.39, 0.29) is 12.1 Å².